The van der Waals surface area contributed by atoms with Crippen molar-refractivity contribution in [1.82, 2.24) is 9.78 Å². The van der Waals surface area contributed by atoms with Gasteiger partial charge in [-0.05, 0) is 32.1 Å². The van der Waals surface area contributed by atoms with Crippen LogP contribution in [-0.2, 0) is 13.6 Å². The summed E-state index contributed by atoms with van der Waals surface area (Å²) >= 11 is 0. The molecular weight excluding hydrogens is 236 g/mol. The molecule has 1 saturated heterocycles. The standard InChI is InChI=1S/C15H28N4/c1-4-6-13-7-5-9-19(10-8-13)15-14(11-16)12(2)17-18(15)3/h13H,4-11,16H2,1-3H3. The van der Waals surface area contributed by atoms with Gasteiger partial charge >= 0.3 is 0 Å². The Hall–Kier alpha value is -1.03. The number of hydrogen-bond acceptors (Lipinski definition) is 3. The lowest BCUT2D eigenvalue weighted by Crippen LogP contribution is -2.27. The van der Waals surface area contributed by atoms with E-state index >= 15 is 0 Å². The van der Waals surface area contributed by atoms with E-state index in [0.717, 1.165) is 24.7 Å². The molecule has 1 aromatic heterocycles. The second-order valence-electron chi connectivity index (χ2n) is 5.79. The first-order valence-corrected chi connectivity index (χ1v) is 7.64. The summed E-state index contributed by atoms with van der Waals surface area (Å²) in [5, 5.41) is 4.54. The average Bonchev–Trinajstić information content (AvgIpc) is 2.55. The number of nitrogens with zero attached hydrogens (tertiary/aromatic N) is 3. The van der Waals surface area contributed by atoms with Crippen molar-refractivity contribution in [3.63, 3.8) is 0 Å². The van der Waals surface area contributed by atoms with Crippen molar-refractivity contribution in [3.8, 4) is 0 Å². The zero-order chi connectivity index (χ0) is 13.8. The fourth-order valence-electron chi connectivity index (χ4n) is 3.40. The summed E-state index contributed by atoms with van der Waals surface area (Å²) in [6, 6.07) is 0. The van der Waals surface area contributed by atoms with Gasteiger partial charge in [-0.2, -0.15) is 5.10 Å². The van der Waals surface area contributed by atoms with Crippen LogP contribution >= 0.6 is 0 Å². The quantitative estimate of drug-likeness (QED) is 0.909. The summed E-state index contributed by atoms with van der Waals surface area (Å²) in [5.41, 5.74) is 8.20. The Balaban J connectivity index is 2.14. The molecule has 1 unspecified atom stereocenters. The molecule has 0 spiro atoms. The first-order valence-electron chi connectivity index (χ1n) is 7.64. The van der Waals surface area contributed by atoms with Crippen LogP contribution in [0.5, 0.6) is 0 Å². The van der Waals surface area contributed by atoms with Gasteiger partial charge in [0.25, 0.3) is 0 Å². The van der Waals surface area contributed by atoms with Crippen molar-refractivity contribution >= 4 is 5.82 Å². The number of rotatable bonds is 4. The molecule has 0 amide bonds. The zero-order valence-corrected chi connectivity index (χ0v) is 12.7. The highest BCUT2D eigenvalue weighted by Crippen LogP contribution is 2.28. The second kappa shape index (κ2) is 6.42. The monoisotopic (exact) mass is 264 g/mol. The molecule has 19 heavy (non-hydrogen) atoms. The van der Waals surface area contributed by atoms with Gasteiger partial charge < -0.3 is 10.6 Å². The summed E-state index contributed by atoms with van der Waals surface area (Å²) in [6.07, 6.45) is 6.66. The predicted molar refractivity (Wildman–Crippen MR) is 80.3 cm³/mol. The van der Waals surface area contributed by atoms with Crippen molar-refractivity contribution in [3.05, 3.63) is 11.3 Å². The zero-order valence-electron chi connectivity index (χ0n) is 12.7. The Bertz CT molecular complexity index is 411. The maximum absolute atomic E-state index is 5.91. The van der Waals surface area contributed by atoms with E-state index in [1.54, 1.807) is 0 Å². The fraction of sp³-hybridized carbons (Fsp3) is 0.800. The topological polar surface area (TPSA) is 47.1 Å². The molecule has 1 aliphatic heterocycles. The van der Waals surface area contributed by atoms with E-state index in [9.17, 15) is 0 Å². The van der Waals surface area contributed by atoms with E-state index in [2.05, 4.69) is 23.8 Å². The Labute approximate surface area is 117 Å². The smallest absolute Gasteiger partial charge is 0.131 e. The SMILES string of the molecule is CCCC1CCCN(c2c(CN)c(C)nn2C)CC1. The van der Waals surface area contributed by atoms with Gasteiger partial charge in [0.2, 0.25) is 0 Å². The number of anilines is 1. The molecule has 0 saturated carbocycles. The van der Waals surface area contributed by atoms with E-state index < -0.39 is 0 Å². The van der Waals surface area contributed by atoms with E-state index in [-0.39, 0.29) is 0 Å². The van der Waals surface area contributed by atoms with Crippen LogP contribution in [-0.4, -0.2) is 22.9 Å². The molecule has 4 nitrogen and oxygen atoms in total. The van der Waals surface area contributed by atoms with E-state index in [0.29, 0.717) is 6.54 Å². The third-order valence-corrected chi connectivity index (χ3v) is 4.36. The minimum atomic E-state index is 0.587. The highest BCUT2D eigenvalue weighted by Gasteiger charge is 2.22. The van der Waals surface area contributed by atoms with Gasteiger partial charge in [-0.25, -0.2) is 0 Å². The van der Waals surface area contributed by atoms with Crippen LogP contribution in [0, 0.1) is 12.8 Å². The largest absolute Gasteiger partial charge is 0.357 e. The van der Waals surface area contributed by atoms with Crippen molar-refractivity contribution in [2.24, 2.45) is 18.7 Å². The summed E-state index contributed by atoms with van der Waals surface area (Å²) < 4.78 is 2.01. The van der Waals surface area contributed by atoms with Crippen molar-refractivity contribution in [1.29, 1.82) is 0 Å². The van der Waals surface area contributed by atoms with E-state index in [1.807, 2.05) is 11.7 Å². The third-order valence-electron chi connectivity index (χ3n) is 4.36. The van der Waals surface area contributed by atoms with Crippen LogP contribution < -0.4 is 10.6 Å². The van der Waals surface area contributed by atoms with Gasteiger partial charge in [-0.15, -0.1) is 0 Å². The molecule has 1 fully saturated rings. The van der Waals surface area contributed by atoms with Gasteiger partial charge in [0.15, 0.2) is 0 Å². The number of aromatic nitrogens is 2. The molecule has 1 aliphatic rings. The van der Waals surface area contributed by atoms with Gasteiger partial charge in [0.1, 0.15) is 5.82 Å². The highest BCUT2D eigenvalue weighted by atomic mass is 15.4. The maximum atomic E-state index is 5.91. The summed E-state index contributed by atoms with van der Waals surface area (Å²) in [4.78, 5) is 2.50. The van der Waals surface area contributed by atoms with Crippen LogP contribution in [0.2, 0.25) is 0 Å². The fourth-order valence-corrected chi connectivity index (χ4v) is 3.40. The number of aryl methyl sites for hydroxylation is 2. The molecule has 2 rings (SSSR count). The summed E-state index contributed by atoms with van der Waals surface area (Å²) in [5.74, 6) is 2.16. The molecule has 1 aromatic rings. The van der Waals surface area contributed by atoms with Gasteiger partial charge in [0, 0.05) is 32.2 Å². The maximum Gasteiger partial charge on any atom is 0.131 e. The Morgan fingerprint density at radius 3 is 2.79 bits per heavy atom. The highest BCUT2D eigenvalue weighted by molar-refractivity contribution is 5.50. The van der Waals surface area contributed by atoms with Gasteiger partial charge in [-0.3, -0.25) is 4.68 Å². The average molecular weight is 264 g/mol. The molecule has 108 valence electrons. The predicted octanol–water partition coefficient (Wildman–Crippen LogP) is 2.59. The first kappa shape index (κ1) is 14.4. The Kier molecular flexibility index (Phi) is 4.86. The van der Waals surface area contributed by atoms with Crippen LogP contribution in [0.4, 0.5) is 5.82 Å². The van der Waals surface area contributed by atoms with Crippen molar-refractivity contribution < 1.29 is 0 Å². The number of hydrogen-bond donors (Lipinski definition) is 1. The van der Waals surface area contributed by atoms with Gasteiger partial charge in [0.05, 0.1) is 5.69 Å². The van der Waals surface area contributed by atoms with Crippen LogP contribution in [0.1, 0.15) is 50.3 Å². The lowest BCUT2D eigenvalue weighted by molar-refractivity contribution is 0.435. The molecule has 4 heteroatoms. The van der Waals surface area contributed by atoms with Crippen LogP contribution in [0.15, 0.2) is 0 Å². The normalized spacial score (nSPS) is 20.6. The molecule has 1 atom stereocenters. The van der Waals surface area contributed by atoms with Crippen molar-refractivity contribution in [2.75, 3.05) is 18.0 Å². The lowest BCUT2D eigenvalue weighted by Gasteiger charge is -2.24. The summed E-state index contributed by atoms with van der Waals surface area (Å²) in [6.45, 7) is 7.23. The molecule has 0 aromatic carbocycles. The second-order valence-corrected chi connectivity index (χ2v) is 5.79. The molecule has 0 radical (unpaired) electrons. The third kappa shape index (κ3) is 3.11. The molecule has 0 aliphatic carbocycles. The van der Waals surface area contributed by atoms with Crippen LogP contribution in [0.25, 0.3) is 0 Å². The van der Waals surface area contributed by atoms with E-state index in [1.165, 1.54) is 43.5 Å². The Morgan fingerprint density at radius 2 is 2.11 bits per heavy atom. The summed E-state index contributed by atoms with van der Waals surface area (Å²) in [7, 11) is 2.04. The first-order chi connectivity index (χ1) is 9.17. The Morgan fingerprint density at radius 1 is 1.32 bits per heavy atom. The van der Waals surface area contributed by atoms with Crippen molar-refractivity contribution in [2.45, 2.75) is 52.5 Å². The molecular formula is C15H28N4. The van der Waals surface area contributed by atoms with E-state index in [4.69, 9.17) is 5.73 Å². The molecule has 0 bridgehead atoms. The lowest BCUT2D eigenvalue weighted by atomic mass is 9.96. The minimum absolute atomic E-state index is 0.587. The van der Waals surface area contributed by atoms with Crippen LogP contribution in [0.3, 0.4) is 0 Å². The van der Waals surface area contributed by atoms with Gasteiger partial charge in [-0.1, -0.05) is 19.8 Å². The molecule has 2 heterocycles. The number of nitrogens with two attached hydrogens (primary N) is 1. The minimum Gasteiger partial charge on any atom is -0.357 e. The molecule has 2 N–H and O–H groups in total.